The molecule has 3 heteroatoms. The van der Waals surface area contributed by atoms with Crippen LogP contribution in [0.25, 0.3) is 0 Å². The first kappa shape index (κ1) is 16.5. The summed E-state index contributed by atoms with van der Waals surface area (Å²) in [5, 5.41) is 3.13. The van der Waals surface area contributed by atoms with Gasteiger partial charge in [0.25, 0.3) is 0 Å². The van der Waals surface area contributed by atoms with Crippen molar-refractivity contribution >= 4 is 11.6 Å². The minimum atomic E-state index is -0.176. The number of nitrogens with two attached hydrogens (primary N) is 1. The number of benzene rings is 1. The summed E-state index contributed by atoms with van der Waals surface area (Å²) in [7, 11) is 0. The SMILES string of the molecule is CC(C)(C)CC(C)(C)NC(=O)CCc1cccc(N)c1. The second-order valence-corrected chi connectivity index (χ2v) is 7.41. The average Bonchev–Trinajstić information content (AvgIpc) is 2.22. The van der Waals surface area contributed by atoms with E-state index in [1.807, 2.05) is 24.3 Å². The smallest absolute Gasteiger partial charge is 0.220 e. The predicted molar refractivity (Wildman–Crippen MR) is 85.5 cm³/mol. The van der Waals surface area contributed by atoms with Crippen LogP contribution in [0, 0.1) is 5.41 Å². The van der Waals surface area contributed by atoms with Crippen molar-refractivity contribution in [2.75, 3.05) is 5.73 Å². The second kappa shape index (κ2) is 6.29. The lowest BCUT2D eigenvalue weighted by atomic mass is 9.81. The van der Waals surface area contributed by atoms with Crippen molar-refractivity contribution in [3.8, 4) is 0 Å². The highest BCUT2D eigenvalue weighted by molar-refractivity contribution is 5.77. The number of aryl methyl sites for hydroxylation is 1. The molecule has 0 saturated carbocycles. The molecule has 0 aliphatic rings. The maximum atomic E-state index is 12.1. The summed E-state index contributed by atoms with van der Waals surface area (Å²) in [6.07, 6.45) is 2.17. The maximum Gasteiger partial charge on any atom is 0.220 e. The van der Waals surface area contributed by atoms with Crippen LogP contribution in [-0.2, 0) is 11.2 Å². The average molecular weight is 276 g/mol. The molecule has 0 unspecified atom stereocenters. The molecule has 0 aromatic heterocycles. The predicted octanol–water partition coefficient (Wildman–Crippen LogP) is 3.53. The summed E-state index contributed by atoms with van der Waals surface area (Å²) in [6, 6.07) is 7.71. The van der Waals surface area contributed by atoms with E-state index in [9.17, 15) is 4.79 Å². The van der Waals surface area contributed by atoms with Crippen LogP contribution in [0.4, 0.5) is 5.69 Å². The molecule has 1 aromatic carbocycles. The van der Waals surface area contributed by atoms with Gasteiger partial charge in [-0.25, -0.2) is 0 Å². The fourth-order valence-electron chi connectivity index (χ4n) is 2.82. The molecule has 20 heavy (non-hydrogen) atoms. The molecule has 1 aromatic rings. The fourth-order valence-corrected chi connectivity index (χ4v) is 2.82. The third-order valence-electron chi connectivity index (χ3n) is 3.04. The monoisotopic (exact) mass is 276 g/mol. The minimum Gasteiger partial charge on any atom is -0.399 e. The molecule has 0 radical (unpaired) electrons. The Balaban J connectivity index is 2.47. The number of hydrogen-bond acceptors (Lipinski definition) is 2. The van der Waals surface area contributed by atoms with E-state index in [4.69, 9.17) is 5.73 Å². The van der Waals surface area contributed by atoms with Crippen LogP contribution in [0.1, 0.15) is 53.0 Å². The molecule has 1 amide bonds. The molecule has 3 N–H and O–H groups in total. The molecule has 0 aliphatic heterocycles. The van der Waals surface area contributed by atoms with Crippen LogP contribution in [0.2, 0.25) is 0 Å². The Morgan fingerprint density at radius 3 is 2.40 bits per heavy atom. The van der Waals surface area contributed by atoms with Gasteiger partial charge in [-0.05, 0) is 49.8 Å². The van der Waals surface area contributed by atoms with Crippen molar-refractivity contribution in [3.63, 3.8) is 0 Å². The molecule has 112 valence electrons. The van der Waals surface area contributed by atoms with E-state index in [1.165, 1.54) is 0 Å². The normalized spacial score (nSPS) is 12.2. The third kappa shape index (κ3) is 6.60. The minimum absolute atomic E-state index is 0.0988. The molecule has 3 nitrogen and oxygen atoms in total. The lowest BCUT2D eigenvalue weighted by Crippen LogP contribution is -2.45. The molecule has 0 heterocycles. The molecule has 0 atom stereocenters. The quantitative estimate of drug-likeness (QED) is 0.808. The van der Waals surface area contributed by atoms with Gasteiger partial charge in [0.1, 0.15) is 0 Å². The topological polar surface area (TPSA) is 55.1 Å². The van der Waals surface area contributed by atoms with Gasteiger partial charge in [0.15, 0.2) is 0 Å². The molecule has 0 aliphatic carbocycles. The zero-order valence-electron chi connectivity index (χ0n) is 13.4. The highest BCUT2D eigenvalue weighted by atomic mass is 16.1. The van der Waals surface area contributed by atoms with Gasteiger partial charge in [0, 0.05) is 17.6 Å². The van der Waals surface area contributed by atoms with E-state index < -0.39 is 0 Å². The largest absolute Gasteiger partial charge is 0.399 e. The zero-order valence-corrected chi connectivity index (χ0v) is 13.4. The Hall–Kier alpha value is -1.51. The lowest BCUT2D eigenvalue weighted by Gasteiger charge is -2.33. The first-order valence-electron chi connectivity index (χ1n) is 7.23. The highest BCUT2D eigenvalue weighted by Gasteiger charge is 2.26. The van der Waals surface area contributed by atoms with Crippen LogP contribution in [0.5, 0.6) is 0 Å². The van der Waals surface area contributed by atoms with Gasteiger partial charge >= 0.3 is 0 Å². The van der Waals surface area contributed by atoms with Crippen molar-refractivity contribution < 1.29 is 4.79 Å². The van der Waals surface area contributed by atoms with Crippen molar-refractivity contribution in [2.45, 2.75) is 59.4 Å². The summed E-state index contributed by atoms with van der Waals surface area (Å²) < 4.78 is 0. The summed E-state index contributed by atoms with van der Waals surface area (Å²) in [6.45, 7) is 10.7. The van der Waals surface area contributed by atoms with Gasteiger partial charge < -0.3 is 11.1 Å². The molecular weight excluding hydrogens is 248 g/mol. The Morgan fingerprint density at radius 2 is 1.85 bits per heavy atom. The van der Waals surface area contributed by atoms with Gasteiger partial charge in [-0.1, -0.05) is 32.9 Å². The van der Waals surface area contributed by atoms with Crippen LogP contribution >= 0.6 is 0 Å². The number of carbonyl (C=O) groups excluding carboxylic acids is 1. The molecule has 0 spiro atoms. The summed E-state index contributed by atoms with van der Waals surface area (Å²) in [4.78, 5) is 12.1. The van der Waals surface area contributed by atoms with Gasteiger partial charge in [-0.2, -0.15) is 0 Å². The van der Waals surface area contributed by atoms with Crippen molar-refractivity contribution in [3.05, 3.63) is 29.8 Å². The Bertz CT molecular complexity index is 458. The molecule has 0 saturated heterocycles. The third-order valence-corrected chi connectivity index (χ3v) is 3.04. The molecule has 0 bridgehead atoms. The Kier molecular flexibility index (Phi) is 5.21. The molecular formula is C17H28N2O. The van der Waals surface area contributed by atoms with Crippen molar-refractivity contribution in [1.29, 1.82) is 0 Å². The van der Waals surface area contributed by atoms with Crippen LogP contribution in [0.15, 0.2) is 24.3 Å². The van der Waals surface area contributed by atoms with Crippen molar-refractivity contribution in [2.24, 2.45) is 5.41 Å². The molecule has 0 fully saturated rings. The zero-order chi connectivity index (χ0) is 15.4. The second-order valence-electron chi connectivity index (χ2n) is 7.41. The number of rotatable bonds is 5. The van der Waals surface area contributed by atoms with Crippen LogP contribution in [0.3, 0.4) is 0 Å². The summed E-state index contributed by atoms with van der Waals surface area (Å²) in [5.74, 6) is 0.0988. The van der Waals surface area contributed by atoms with Gasteiger partial charge in [0.05, 0.1) is 0 Å². The number of hydrogen-bond donors (Lipinski definition) is 2. The number of anilines is 1. The number of nitrogens with one attached hydrogen (secondary N) is 1. The standard InChI is InChI=1S/C17H28N2O/c1-16(2,3)12-17(4,5)19-15(20)10-9-13-7-6-8-14(18)11-13/h6-8,11H,9-10,12,18H2,1-5H3,(H,19,20). The lowest BCUT2D eigenvalue weighted by molar-refractivity contribution is -0.122. The number of nitrogen functional groups attached to an aromatic ring is 1. The van der Waals surface area contributed by atoms with E-state index in [0.29, 0.717) is 6.42 Å². The van der Waals surface area contributed by atoms with Gasteiger partial charge in [0.2, 0.25) is 5.91 Å². The van der Waals surface area contributed by atoms with Crippen molar-refractivity contribution in [1.82, 2.24) is 5.32 Å². The highest BCUT2D eigenvalue weighted by Crippen LogP contribution is 2.26. The number of carbonyl (C=O) groups is 1. The van der Waals surface area contributed by atoms with Gasteiger partial charge in [-0.15, -0.1) is 0 Å². The van der Waals surface area contributed by atoms with E-state index in [0.717, 1.165) is 24.1 Å². The van der Waals surface area contributed by atoms with Crippen LogP contribution in [-0.4, -0.2) is 11.4 Å². The van der Waals surface area contributed by atoms with Crippen LogP contribution < -0.4 is 11.1 Å². The molecule has 1 rings (SSSR count). The van der Waals surface area contributed by atoms with E-state index in [-0.39, 0.29) is 16.9 Å². The van der Waals surface area contributed by atoms with Gasteiger partial charge in [-0.3, -0.25) is 4.79 Å². The maximum absolute atomic E-state index is 12.1. The van der Waals surface area contributed by atoms with E-state index in [2.05, 4.69) is 39.9 Å². The first-order chi connectivity index (χ1) is 9.07. The summed E-state index contributed by atoms with van der Waals surface area (Å²) >= 11 is 0. The Morgan fingerprint density at radius 1 is 1.20 bits per heavy atom. The summed E-state index contributed by atoms with van der Waals surface area (Å²) in [5.41, 5.74) is 7.61. The fraction of sp³-hybridized carbons (Fsp3) is 0.588. The van der Waals surface area contributed by atoms with E-state index in [1.54, 1.807) is 0 Å². The Labute approximate surface area is 122 Å². The first-order valence-corrected chi connectivity index (χ1v) is 7.23. The van der Waals surface area contributed by atoms with E-state index >= 15 is 0 Å². The number of amides is 1.